The van der Waals surface area contributed by atoms with Gasteiger partial charge in [0.1, 0.15) is 0 Å². The quantitative estimate of drug-likeness (QED) is 0.0513. The fourth-order valence-electron chi connectivity index (χ4n) is 6.28. The molecule has 0 aliphatic carbocycles. The maximum absolute atomic E-state index is 12.2. The monoisotopic (exact) mass is 721 g/mol. The first-order valence-corrected chi connectivity index (χ1v) is 21.5. The Bertz CT molecular complexity index is 924. The Balaban J connectivity index is 1.86. The summed E-state index contributed by atoms with van der Waals surface area (Å²) < 4.78 is 0. The van der Waals surface area contributed by atoms with Gasteiger partial charge in [-0.3, -0.25) is 9.59 Å². The number of piperazine rings is 1. The maximum Gasteiger partial charge on any atom is 0.219 e. The molecule has 0 bridgehead atoms. The lowest BCUT2D eigenvalue weighted by Gasteiger charge is -2.34. The average Bonchev–Trinajstić information content (AvgIpc) is 3.15. The van der Waals surface area contributed by atoms with E-state index in [0.717, 1.165) is 142 Å². The largest absolute Gasteiger partial charge is 0.356 e. The van der Waals surface area contributed by atoms with Crippen molar-refractivity contribution in [1.82, 2.24) is 20.4 Å². The summed E-state index contributed by atoms with van der Waals surface area (Å²) >= 11 is 0. The third kappa shape index (κ3) is 33.2. The normalized spacial score (nSPS) is 14.8. The van der Waals surface area contributed by atoms with Gasteiger partial charge < -0.3 is 20.4 Å². The van der Waals surface area contributed by atoms with Gasteiger partial charge in [-0.1, -0.05) is 125 Å². The van der Waals surface area contributed by atoms with Crippen molar-refractivity contribution in [2.75, 3.05) is 52.4 Å². The van der Waals surface area contributed by atoms with Gasteiger partial charge in [0.2, 0.25) is 11.8 Å². The van der Waals surface area contributed by atoms with Crippen LogP contribution >= 0.6 is 0 Å². The minimum absolute atomic E-state index is 0.211. The summed E-state index contributed by atoms with van der Waals surface area (Å²) in [6.07, 6.45) is 50.8. The summed E-state index contributed by atoms with van der Waals surface area (Å²) in [5, 5.41) is 6.26. The fraction of sp³-hybridized carbons (Fsp3) is 0.696. The molecule has 0 radical (unpaired) electrons. The summed E-state index contributed by atoms with van der Waals surface area (Å²) in [4.78, 5) is 29.5. The van der Waals surface area contributed by atoms with Crippen molar-refractivity contribution in [3.8, 4) is 0 Å². The lowest BCUT2D eigenvalue weighted by Crippen LogP contribution is -2.47. The minimum Gasteiger partial charge on any atom is -0.356 e. The second-order valence-electron chi connectivity index (χ2n) is 14.3. The Morgan fingerprint density at radius 3 is 1.13 bits per heavy atom. The van der Waals surface area contributed by atoms with E-state index in [2.05, 4.69) is 107 Å². The summed E-state index contributed by atoms with van der Waals surface area (Å²) in [5.41, 5.74) is 0. The molecule has 1 saturated heterocycles. The Morgan fingerprint density at radius 1 is 0.423 bits per heavy atom. The Labute approximate surface area is 321 Å². The van der Waals surface area contributed by atoms with Gasteiger partial charge in [-0.05, 0) is 103 Å². The summed E-state index contributed by atoms with van der Waals surface area (Å²) in [7, 11) is 0. The molecule has 1 fully saturated rings. The van der Waals surface area contributed by atoms with Crippen LogP contribution in [-0.4, -0.2) is 74.0 Å². The van der Waals surface area contributed by atoms with Crippen LogP contribution in [0.2, 0.25) is 0 Å². The van der Waals surface area contributed by atoms with Gasteiger partial charge >= 0.3 is 0 Å². The van der Waals surface area contributed by atoms with Gasteiger partial charge in [0.25, 0.3) is 0 Å². The van der Waals surface area contributed by atoms with Crippen LogP contribution in [0.15, 0.2) is 72.9 Å². The van der Waals surface area contributed by atoms with Crippen molar-refractivity contribution in [1.29, 1.82) is 0 Å². The van der Waals surface area contributed by atoms with Crippen LogP contribution in [0.4, 0.5) is 0 Å². The number of rotatable bonds is 34. The van der Waals surface area contributed by atoms with Gasteiger partial charge in [-0.25, -0.2) is 0 Å². The second kappa shape index (κ2) is 38.0. The van der Waals surface area contributed by atoms with Crippen molar-refractivity contribution in [3.05, 3.63) is 72.9 Å². The van der Waals surface area contributed by atoms with Gasteiger partial charge in [-0.2, -0.15) is 0 Å². The number of allylic oxidation sites excluding steroid dienone is 12. The molecule has 6 heteroatoms. The van der Waals surface area contributed by atoms with E-state index in [1.165, 1.54) is 38.5 Å². The molecule has 0 aromatic rings. The van der Waals surface area contributed by atoms with Gasteiger partial charge in [-0.15, -0.1) is 0 Å². The molecular formula is C46H80N4O2. The highest BCUT2D eigenvalue weighted by Crippen LogP contribution is 2.10. The van der Waals surface area contributed by atoms with Crippen LogP contribution in [0.25, 0.3) is 0 Å². The number of carbonyl (C=O) groups excluding carboxylic acids is 2. The molecule has 1 rings (SSSR count). The minimum atomic E-state index is 0.211. The molecule has 1 heterocycles. The van der Waals surface area contributed by atoms with Crippen LogP contribution in [0.3, 0.4) is 0 Å². The molecule has 1 aliphatic rings. The fourth-order valence-corrected chi connectivity index (χ4v) is 6.28. The number of nitrogens with zero attached hydrogens (tertiary/aromatic N) is 2. The highest BCUT2D eigenvalue weighted by atomic mass is 16.2. The van der Waals surface area contributed by atoms with Crippen LogP contribution in [-0.2, 0) is 9.59 Å². The van der Waals surface area contributed by atoms with E-state index < -0.39 is 0 Å². The Kier molecular flexibility index (Phi) is 34.6. The molecule has 296 valence electrons. The lowest BCUT2D eigenvalue weighted by atomic mass is 10.1. The maximum atomic E-state index is 12.2. The SMILES string of the molecule is CC/C=C/C/C=C/C/C=C/CCCCCCCC(=O)NCCCN1CCN(CCCNC(=O)CCCCCCC/C=C/C/C=C/C/C=C/CC)CC1. The molecule has 1 aliphatic heterocycles. The zero-order valence-electron chi connectivity index (χ0n) is 33.9. The number of nitrogens with one attached hydrogen (secondary N) is 2. The third-order valence-electron chi connectivity index (χ3n) is 9.52. The number of hydrogen-bond acceptors (Lipinski definition) is 4. The molecule has 0 aromatic carbocycles. The predicted octanol–water partition coefficient (Wildman–Crippen LogP) is 10.8. The number of unbranched alkanes of at least 4 members (excludes halogenated alkanes) is 10. The molecule has 2 amide bonds. The smallest absolute Gasteiger partial charge is 0.219 e. The van der Waals surface area contributed by atoms with Gasteiger partial charge in [0.05, 0.1) is 0 Å². The number of hydrogen-bond donors (Lipinski definition) is 2. The van der Waals surface area contributed by atoms with Crippen molar-refractivity contribution in [3.63, 3.8) is 0 Å². The van der Waals surface area contributed by atoms with Crippen LogP contribution in [0.1, 0.15) is 155 Å². The topological polar surface area (TPSA) is 64.7 Å². The zero-order chi connectivity index (χ0) is 37.4. The average molecular weight is 721 g/mol. The molecular weight excluding hydrogens is 641 g/mol. The van der Waals surface area contributed by atoms with Crippen LogP contribution in [0.5, 0.6) is 0 Å². The van der Waals surface area contributed by atoms with E-state index in [-0.39, 0.29) is 11.8 Å². The standard InChI is InChI=1S/C46H80N4O2/c1-3-5-7-9-11-13-15-17-19-21-23-25-27-29-31-35-45(51)47-37-33-39-49-41-43-50(44-42-49)40-34-38-48-46(52)36-32-30-28-26-24-22-20-18-16-14-12-10-8-6-4-2/h5-8,11-14,17-20H,3-4,9-10,15-16,21-44H2,1-2H3,(H,47,51)(H,48,52)/b7-5+,8-6+,13-11+,14-12+,19-17+,20-18+. The molecule has 0 unspecified atom stereocenters. The Hall–Kier alpha value is -2.70. The van der Waals surface area contributed by atoms with E-state index in [4.69, 9.17) is 0 Å². The second-order valence-corrected chi connectivity index (χ2v) is 14.3. The van der Waals surface area contributed by atoms with E-state index in [9.17, 15) is 9.59 Å². The Morgan fingerprint density at radius 2 is 0.750 bits per heavy atom. The summed E-state index contributed by atoms with van der Waals surface area (Å²) in [6, 6.07) is 0. The highest BCUT2D eigenvalue weighted by molar-refractivity contribution is 5.76. The zero-order valence-corrected chi connectivity index (χ0v) is 33.9. The molecule has 0 aromatic heterocycles. The molecule has 0 atom stereocenters. The third-order valence-corrected chi connectivity index (χ3v) is 9.52. The van der Waals surface area contributed by atoms with E-state index in [0.29, 0.717) is 12.8 Å². The first-order valence-electron chi connectivity index (χ1n) is 21.5. The molecule has 52 heavy (non-hydrogen) atoms. The molecule has 6 nitrogen and oxygen atoms in total. The van der Waals surface area contributed by atoms with E-state index in [1.807, 2.05) is 0 Å². The predicted molar refractivity (Wildman–Crippen MR) is 227 cm³/mol. The number of amides is 2. The van der Waals surface area contributed by atoms with Gasteiger partial charge in [0, 0.05) is 52.1 Å². The first-order chi connectivity index (χ1) is 25.7. The molecule has 2 N–H and O–H groups in total. The van der Waals surface area contributed by atoms with E-state index in [1.54, 1.807) is 0 Å². The highest BCUT2D eigenvalue weighted by Gasteiger charge is 2.16. The van der Waals surface area contributed by atoms with Crippen molar-refractivity contribution >= 4 is 11.8 Å². The van der Waals surface area contributed by atoms with Crippen molar-refractivity contribution in [2.24, 2.45) is 0 Å². The van der Waals surface area contributed by atoms with Crippen molar-refractivity contribution < 1.29 is 9.59 Å². The lowest BCUT2D eigenvalue weighted by molar-refractivity contribution is -0.122. The van der Waals surface area contributed by atoms with Crippen LogP contribution in [0, 0.1) is 0 Å². The molecule has 0 saturated carbocycles. The van der Waals surface area contributed by atoms with Gasteiger partial charge in [0.15, 0.2) is 0 Å². The number of carbonyl (C=O) groups is 2. The first kappa shape index (κ1) is 47.3. The van der Waals surface area contributed by atoms with Crippen molar-refractivity contribution in [2.45, 2.75) is 155 Å². The van der Waals surface area contributed by atoms with E-state index >= 15 is 0 Å². The summed E-state index contributed by atoms with van der Waals surface area (Å²) in [6.45, 7) is 12.4. The molecule has 0 spiro atoms. The summed E-state index contributed by atoms with van der Waals surface area (Å²) in [5.74, 6) is 0.422. The van der Waals surface area contributed by atoms with Crippen LogP contribution < -0.4 is 10.6 Å².